The second-order valence-electron chi connectivity index (χ2n) is 6.60. The van der Waals surface area contributed by atoms with E-state index in [-0.39, 0.29) is 18.1 Å². The first-order valence-electron chi connectivity index (χ1n) is 9.55. The number of ether oxygens (including phenoxy) is 2. The highest BCUT2D eigenvalue weighted by atomic mass is 35.5. The van der Waals surface area contributed by atoms with E-state index in [1.807, 2.05) is 6.92 Å². The van der Waals surface area contributed by atoms with E-state index in [0.29, 0.717) is 28.8 Å². The third-order valence-electron chi connectivity index (χ3n) is 4.40. The molecule has 1 aliphatic rings. The number of aliphatic imine (C=N–C) groups is 1. The van der Waals surface area contributed by atoms with E-state index in [4.69, 9.17) is 16.3 Å². The van der Waals surface area contributed by atoms with Crippen LogP contribution in [0.2, 0.25) is 0 Å². The van der Waals surface area contributed by atoms with E-state index in [9.17, 15) is 18.4 Å². The van der Waals surface area contributed by atoms with Crippen LogP contribution in [0.25, 0.3) is 0 Å². The molecule has 1 N–H and O–H groups in total. The molecule has 0 saturated carbocycles. The lowest BCUT2D eigenvalue weighted by Gasteiger charge is -2.30. The van der Waals surface area contributed by atoms with Gasteiger partial charge in [0, 0.05) is 30.3 Å². The number of nitrogens with one attached hydrogen (secondary N) is 1. The molecule has 0 spiro atoms. The van der Waals surface area contributed by atoms with Gasteiger partial charge in [-0.1, -0.05) is 11.8 Å². The monoisotopic (exact) mass is 483 g/mol. The summed E-state index contributed by atoms with van der Waals surface area (Å²) in [7, 11) is 1.56. The van der Waals surface area contributed by atoms with Gasteiger partial charge in [0.1, 0.15) is 16.7 Å². The van der Waals surface area contributed by atoms with Crippen molar-refractivity contribution in [1.82, 2.24) is 4.90 Å². The zero-order valence-electron chi connectivity index (χ0n) is 17.2. The minimum Gasteiger partial charge on any atom is -0.497 e. The number of methoxy groups -OCH3 is 1. The van der Waals surface area contributed by atoms with Crippen LogP contribution in [0.3, 0.4) is 0 Å². The lowest BCUT2D eigenvalue weighted by molar-refractivity contribution is -0.129. The number of nitrogens with zero attached hydrogens (tertiary/aromatic N) is 2. The number of hydrogen-bond acceptors (Lipinski definition) is 6. The van der Waals surface area contributed by atoms with Gasteiger partial charge in [-0.2, -0.15) is 0 Å². The predicted molar refractivity (Wildman–Crippen MR) is 120 cm³/mol. The van der Waals surface area contributed by atoms with Crippen LogP contribution in [0.5, 0.6) is 11.5 Å². The molecule has 170 valence electrons. The second-order valence-corrected chi connectivity index (χ2v) is 8.21. The van der Waals surface area contributed by atoms with Crippen molar-refractivity contribution in [2.45, 2.75) is 24.2 Å². The van der Waals surface area contributed by atoms with Gasteiger partial charge in [0.05, 0.1) is 12.8 Å². The van der Waals surface area contributed by atoms with Crippen LogP contribution < -0.4 is 14.8 Å². The minimum absolute atomic E-state index is 0.00559. The van der Waals surface area contributed by atoms with E-state index in [2.05, 4.69) is 15.0 Å². The lowest BCUT2D eigenvalue weighted by Crippen LogP contribution is -2.45. The molecular weight excluding hydrogens is 464 g/mol. The number of carbonyl (C=O) groups is 2. The fourth-order valence-corrected chi connectivity index (χ4v) is 4.13. The van der Waals surface area contributed by atoms with Gasteiger partial charge in [-0.25, -0.2) is 4.99 Å². The number of alkyl halides is 3. The molecule has 2 aromatic rings. The van der Waals surface area contributed by atoms with Crippen molar-refractivity contribution < 1.29 is 27.8 Å². The molecule has 0 bridgehead atoms. The molecule has 1 fully saturated rings. The Balaban J connectivity index is 1.72. The molecule has 1 atom stereocenters. The van der Waals surface area contributed by atoms with Crippen molar-refractivity contribution in [3.05, 3.63) is 48.5 Å². The van der Waals surface area contributed by atoms with Crippen LogP contribution in [0.4, 0.5) is 20.2 Å². The van der Waals surface area contributed by atoms with Crippen molar-refractivity contribution >= 4 is 51.7 Å². The molecular formula is C21H20ClF2N3O4S. The van der Waals surface area contributed by atoms with E-state index >= 15 is 0 Å². The molecule has 32 heavy (non-hydrogen) atoms. The predicted octanol–water partition coefficient (Wildman–Crippen LogP) is 4.84. The normalized spacial score (nSPS) is 17.9. The van der Waals surface area contributed by atoms with E-state index in [1.54, 1.807) is 31.4 Å². The molecule has 2 amide bonds. The van der Waals surface area contributed by atoms with Crippen molar-refractivity contribution in [3.63, 3.8) is 0 Å². The minimum atomic E-state index is -3.82. The Labute approximate surface area is 192 Å². The Kier molecular flexibility index (Phi) is 7.57. The molecule has 1 saturated heterocycles. The maximum absolute atomic E-state index is 12.8. The van der Waals surface area contributed by atoms with Gasteiger partial charge in [-0.3, -0.25) is 14.5 Å². The highest BCUT2D eigenvalue weighted by Crippen LogP contribution is 2.31. The zero-order chi connectivity index (χ0) is 23.3. The van der Waals surface area contributed by atoms with Crippen LogP contribution in [-0.2, 0) is 9.59 Å². The zero-order valence-corrected chi connectivity index (χ0v) is 18.8. The number of anilines is 1. The summed E-state index contributed by atoms with van der Waals surface area (Å²) < 4.78 is 34.8. The highest BCUT2D eigenvalue weighted by molar-refractivity contribution is 8.15. The van der Waals surface area contributed by atoms with Crippen molar-refractivity contribution in [1.29, 1.82) is 0 Å². The summed E-state index contributed by atoms with van der Waals surface area (Å²) in [5.74, 6) is -0.0977. The first kappa shape index (κ1) is 23.8. The number of thioether (sulfide) groups is 1. The van der Waals surface area contributed by atoms with Crippen LogP contribution in [0.1, 0.15) is 13.3 Å². The fraction of sp³-hybridized carbons (Fsp3) is 0.286. The number of rotatable bonds is 7. The molecule has 7 nitrogen and oxygen atoms in total. The van der Waals surface area contributed by atoms with Gasteiger partial charge in [-0.15, -0.1) is 8.78 Å². The molecule has 0 radical (unpaired) electrons. The third-order valence-corrected chi connectivity index (χ3v) is 5.67. The standard InChI is InChI=1S/C21H20ClF2N3O4S/c1-3-27-18(28)12-17(32-20(27)26-14-4-8-15(30-2)9-5-14)19(29)25-13-6-10-16(11-7-13)31-21(22,23)24/h4-11,17H,3,12H2,1-2H3,(H,25,29)/t17-/m1/s1. The maximum atomic E-state index is 12.8. The Morgan fingerprint density at radius 3 is 2.41 bits per heavy atom. The second kappa shape index (κ2) is 10.2. The van der Waals surface area contributed by atoms with Crippen LogP contribution >= 0.6 is 23.4 Å². The van der Waals surface area contributed by atoms with Gasteiger partial charge in [0.15, 0.2) is 5.17 Å². The molecule has 0 unspecified atom stereocenters. The van der Waals surface area contributed by atoms with Crippen molar-refractivity contribution in [2.24, 2.45) is 4.99 Å². The average molecular weight is 484 g/mol. The molecule has 1 heterocycles. The number of carbonyl (C=O) groups excluding carboxylic acids is 2. The quantitative estimate of drug-likeness (QED) is 0.570. The SMILES string of the molecule is CCN1C(=O)C[C@H](C(=O)Nc2ccc(OC(F)(F)Cl)cc2)SC1=Nc1ccc(OC)cc1. The first-order valence-corrected chi connectivity index (χ1v) is 10.8. The highest BCUT2D eigenvalue weighted by Gasteiger charge is 2.35. The fourth-order valence-electron chi connectivity index (χ4n) is 2.88. The molecule has 11 heteroatoms. The Bertz CT molecular complexity index is 998. The molecule has 3 rings (SSSR count). The summed E-state index contributed by atoms with van der Waals surface area (Å²) in [6.07, 6.45) is 0.00559. The Morgan fingerprint density at radius 1 is 1.22 bits per heavy atom. The summed E-state index contributed by atoms with van der Waals surface area (Å²) in [6, 6.07) is 12.3. The molecule has 1 aliphatic heterocycles. The topological polar surface area (TPSA) is 80.2 Å². The Hall–Kier alpha value is -2.85. The number of benzene rings is 2. The smallest absolute Gasteiger partial charge is 0.487 e. The van der Waals surface area contributed by atoms with Crippen molar-refractivity contribution in [2.75, 3.05) is 19.0 Å². The van der Waals surface area contributed by atoms with Gasteiger partial charge in [-0.05, 0) is 55.5 Å². The molecule has 0 aliphatic carbocycles. The van der Waals surface area contributed by atoms with Crippen LogP contribution in [0.15, 0.2) is 53.5 Å². The van der Waals surface area contributed by atoms with Crippen LogP contribution in [0, 0.1) is 0 Å². The number of amides is 2. The number of amidine groups is 1. The Morgan fingerprint density at radius 2 is 1.84 bits per heavy atom. The summed E-state index contributed by atoms with van der Waals surface area (Å²) in [5.41, 5.74) is -2.85. The summed E-state index contributed by atoms with van der Waals surface area (Å²) in [4.78, 5) is 31.4. The van der Waals surface area contributed by atoms with Gasteiger partial charge in [0.2, 0.25) is 11.8 Å². The number of hydrogen-bond donors (Lipinski definition) is 1. The van der Waals surface area contributed by atoms with E-state index < -0.39 is 16.7 Å². The van der Waals surface area contributed by atoms with Crippen molar-refractivity contribution in [3.8, 4) is 11.5 Å². The third kappa shape index (κ3) is 6.33. The molecule has 2 aromatic carbocycles. The van der Waals surface area contributed by atoms with E-state index in [1.165, 1.54) is 40.9 Å². The largest absolute Gasteiger partial charge is 0.497 e. The summed E-state index contributed by atoms with van der Waals surface area (Å²) in [6.45, 7) is 2.25. The lowest BCUT2D eigenvalue weighted by atomic mass is 10.2. The van der Waals surface area contributed by atoms with Crippen LogP contribution in [-0.4, -0.2) is 46.4 Å². The summed E-state index contributed by atoms with van der Waals surface area (Å²) >= 11 is 5.92. The average Bonchev–Trinajstić information content (AvgIpc) is 2.74. The van der Waals surface area contributed by atoms with Gasteiger partial charge in [0.25, 0.3) is 0 Å². The maximum Gasteiger partial charge on any atom is 0.487 e. The molecule has 0 aromatic heterocycles. The van der Waals surface area contributed by atoms with Gasteiger partial charge < -0.3 is 14.8 Å². The van der Waals surface area contributed by atoms with Gasteiger partial charge >= 0.3 is 5.57 Å². The van der Waals surface area contributed by atoms with E-state index in [0.717, 1.165) is 0 Å². The number of halogens is 3. The first-order chi connectivity index (χ1) is 15.2. The summed E-state index contributed by atoms with van der Waals surface area (Å²) in [5, 5.41) is 2.39.